The van der Waals surface area contributed by atoms with Crippen LogP contribution in [0, 0.1) is 6.92 Å². The lowest BCUT2D eigenvalue weighted by molar-refractivity contribution is 0.578. The Bertz CT molecular complexity index is 1280. The van der Waals surface area contributed by atoms with Crippen molar-refractivity contribution in [3.05, 3.63) is 126 Å². The van der Waals surface area contributed by atoms with Gasteiger partial charge in [0, 0.05) is 41.5 Å². The van der Waals surface area contributed by atoms with Crippen LogP contribution >= 0.6 is 0 Å². The molecule has 144 valence electrons. The average molecular weight is 388 g/mol. The first-order valence-electron chi connectivity index (χ1n) is 10.1. The maximum absolute atomic E-state index is 6.36. The predicted molar refractivity (Wildman–Crippen MR) is 123 cm³/mol. The van der Waals surface area contributed by atoms with E-state index in [4.69, 9.17) is 4.42 Å². The van der Waals surface area contributed by atoms with E-state index in [-0.39, 0.29) is 0 Å². The van der Waals surface area contributed by atoms with Gasteiger partial charge in [0.25, 0.3) is 0 Å². The van der Waals surface area contributed by atoms with Crippen LogP contribution < -0.4 is 9.93 Å². The van der Waals surface area contributed by atoms with Crippen molar-refractivity contribution in [1.29, 1.82) is 0 Å². The summed E-state index contributed by atoms with van der Waals surface area (Å²) in [6.45, 7) is 2.14. The summed E-state index contributed by atoms with van der Waals surface area (Å²) in [6.07, 6.45) is 0. The van der Waals surface area contributed by atoms with Gasteiger partial charge in [0.2, 0.25) is 16.7 Å². The van der Waals surface area contributed by atoms with Crippen molar-refractivity contribution in [1.82, 2.24) is 4.58 Å². The van der Waals surface area contributed by atoms with Crippen LogP contribution in [0.3, 0.4) is 0 Å². The largest absolute Gasteiger partial charge is 0.456 e. The third kappa shape index (κ3) is 3.44. The minimum atomic E-state index is 0.878. The molecule has 2 aliphatic rings. The molecule has 0 saturated heterocycles. The van der Waals surface area contributed by atoms with Crippen molar-refractivity contribution in [2.45, 2.75) is 6.92 Å². The quantitative estimate of drug-likeness (QED) is 0.311. The minimum absolute atomic E-state index is 0.878. The van der Waals surface area contributed by atoms with Gasteiger partial charge in [-0.25, -0.2) is 0 Å². The molecular formula is C28H22NO+. The molecule has 3 aromatic rings. The van der Waals surface area contributed by atoms with E-state index >= 15 is 0 Å². The molecule has 0 unspecified atom stereocenters. The van der Waals surface area contributed by atoms with Gasteiger partial charge < -0.3 is 4.42 Å². The molecule has 0 atom stereocenters. The summed E-state index contributed by atoms with van der Waals surface area (Å²) in [5.74, 6) is 1.76. The first-order valence-corrected chi connectivity index (χ1v) is 10.1. The summed E-state index contributed by atoms with van der Waals surface area (Å²) in [7, 11) is 0. The van der Waals surface area contributed by atoms with Gasteiger partial charge in [-0.3, -0.25) is 0 Å². The monoisotopic (exact) mass is 388 g/mol. The molecule has 0 saturated carbocycles. The van der Waals surface area contributed by atoms with Crippen molar-refractivity contribution in [2.75, 3.05) is 0 Å². The maximum Gasteiger partial charge on any atom is 0.215 e. The molecule has 2 nitrogen and oxygen atoms in total. The summed E-state index contributed by atoms with van der Waals surface area (Å²) in [4.78, 5) is 0. The number of aryl methyl sites for hydroxylation is 1. The fraction of sp³-hybridized carbons (Fsp3) is 0.0357. The van der Waals surface area contributed by atoms with E-state index in [1.54, 1.807) is 0 Å². The average Bonchev–Trinajstić information content (AvgIpc) is 2.81. The first kappa shape index (κ1) is 18.1. The highest BCUT2D eigenvalue weighted by molar-refractivity contribution is 5.69. The SMILES string of the molecule is Cc1cc(-c2ccccc2)oc2cc(=[N+](c3ccccc3)c3ccccc3)ccc1-2. The smallest absolute Gasteiger partial charge is 0.215 e. The molecule has 0 bridgehead atoms. The van der Waals surface area contributed by atoms with Crippen LogP contribution in [-0.2, 0) is 0 Å². The van der Waals surface area contributed by atoms with Gasteiger partial charge in [-0.15, -0.1) is 0 Å². The molecule has 1 heterocycles. The van der Waals surface area contributed by atoms with E-state index in [0.29, 0.717) is 0 Å². The zero-order valence-electron chi connectivity index (χ0n) is 16.8. The van der Waals surface area contributed by atoms with Gasteiger partial charge in [0.15, 0.2) is 0 Å². The zero-order valence-corrected chi connectivity index (χ0v) is 16.8. The van der Waals surface area contributed by atoms with Crippen LogP contribution in [0.25, 0.3) is 22.6 Å². The van der Waals surface area contributed by atoms with E-state index in [1.165, 1.54) is 5.56 Å². The number of nitrogens with zero attached hydrogens (tertiary/aromatic N) is 1. The number of rotatable bonds is 3. The molecule has 0 fully saturated rings. The van der Waals surface area contributed by atoms with E-state index in [2.05, 4.69) is 96.4 Å². The first-order chi connectivity index (χ1) is 14.8. The summed E-state index contributed by atoms with van der Waals surface area (Å²) in [6, 6.07) is 39.6. The normalized spacial score (nSPS) is 10.8. The molecule has 1 aliphatic carbocycles. The third-order valence-corrected chi connectivity index (χ3v) is 5.30. The summed E-state index contributed by atoms with van der Waals surface area (Å²) < 4.78 is 8.61. The second-order valence-corrected chi connectivity index (χ2v) is 7.35. The fourth-order valence-corrected chi connectivity index (χ4v) is 3.83. The van der Waals surface area contributed by atoms with E-state index in [1.807, 2.05) is 30.3 Å². The Morgan fingerprint density at radius 1 is 0.567 bits per heavy atom. The molecule has 0 radical (unpaired) electrons. The summed E-state index contributed by atoms with van der Waals surface area (Å²) in [5.41, 5.74) is 5.63. The highest BCUT2D eigenvalue weighted by Crippen LogP contribution is 2.31. The topological polar surface area (TPSA) is 16.1 Å². The lowest BCUT2D eigenvalue weighted by Crippen LogP contribution is -2.21. The Kier molecular flexibility index (Phi) is 4.74. The Morgan fingerprint density at radius 2 is 1.13 bits per heavy atom. The van der Waals surface area contributed by atoms with Crippen molar-refractivity contribution >= 4 is 11.4 Å². The highest BCUT2D eigenvalue weighted by atomic mass is 16.3. The number of para-hydroxylation sites is 2. The van der Waals surface area contributed by atoms with Gasteiger partial charge in [-0.1, -0.05) is 66.7 Å². The molecule has 1 aliphatic heterocycles. The van der Waals surface area contributed by atoms with E-state index < -0.39 is 0 Å². The van der Waals surface area contributed by atoms with Crippen LogP contribution in [0.2, 0.25) is 0 Å². The molecule has 0 aromatic heterocycles. The standard InChI is InChI=1S/C28H22NO/c1-21-19-27(22-11-5-2-6-12-22)30-28-20-25(17-18-26(21)28)29(23-13-7-3-8-14-23)24-15-9-4-10-16-24/h2-20H,1H3/q+1. The van der Waals surface area contributed by atoms with Crippen molar-refractivity contribution in [3.63, 3.8) is 0 Å². The van der Waals surface area contributed by atoms with E-state index in [0.717, 1.165) is 39.4 Å². The van der Waals surface area contributed by atoms with Crippen molar-refractivity contribution in [3.8, 4) is 22.6 Å². The van der Waals surface area contributed by atoms with Gasteiger partial charge in [-0.05, 0) is 24.6 Å². The Morgan fingerprint density at radius 3 is 1.73 bits per heavy atom. The molecule has 0 spiro atoms. The zero-order chi connectivity index (χ0) is 20.3. The van der Waals surface area contributed by atoms with Crippen molar-refractivity contribution in [2.24, 2.45) is 0 Å². The minimum Gasteiger partial charge on any atom is -0.456 e. The third-order valence-electron chi connectivity index (χ3n) is 5.30. The lowest BCUT2D eigenvalue weighted by Gasteiger charge is -2.11. The molecule has 30 heavy (non-hydrogen) atoms. The maximum atomic E-state index is 6.36. The molecule has 0 N–H and O–H groups in total. The Balaban J connectivity index is 1.80. The predicted octanol–water partition coefficient (Wildman–Crippen LogP) is 6.80. The second-order valence-electron chi connectivity index (χ2n) is 7.35. The van der Waals surface area contributed by atoms with Crippen LogP contribution in [0.5, 0.6) is 0 Å². The summed E-state index contributed by atoms with van der Waals surface area (Å²) in [5, 5.41) is 1.06. The number of hydrogen-bond acceptors (Lipinski definition) is 1. The van der Waals surface area contributed by atoms with Crippen LogP contribution in [0.1, 0.15) is 5.56 Å². The van der Waals surface area contributed by atoms with Gasteiger partial charge in [0.05, 0.1) is 6.07 Å². The Labute approximate surface area is 176 Å². The van der Waals surface area contributed by atoms with Gasteiger partial charge in [-0.2, -0.15) is 4.58 Å². The second kappa shape index (κ2) is 7.84. The molecule has 0 amide bonds. The van der Waals surface area contributed by atoms with Crippen molar-refractivity contribution < 1.29 is 4.42 Å². The van der Waals surface area contributed by atoms with Crippen LogP contribution in [-0.4, -0.2) is 0 Å². The fourth-order valence-electron chi connectivity index (χ4n) is 3.83. The highest BCUT2D eigenvalue weighted by Gasteiger charge is 2.17. The number of benzene rings is 4. The molecular weight excluding hydrogens is 366 g/mol. The van der Waals surface area contributed by atoms with Crippen LogP contribution in [0.4, 0.5) is 11.4 Å². The van der Waals surface area contributed by atoms with Gasteiger partial charge >= 0.3 is 0 Å². The molecule has 2 heteroatoms. The number of hydrogen-bond donors (Lipinski definition) is 0. The van der Waals surface area contributed by atoms with E-state index in [9.17, 15) is 0 Å². The molecule has 3 aromatic carbocycles. The molecule has 5 rings (SSSR count). The Hall–Kier alpha value is -3.91. The summed E-state index contributed by atoms with van der Waals surface area (Å²) >= 11 is 0. The lowest BCUT2D eigenvalue weighted by atomic mass is 10.0. The van der Waals surface area contributed by atoms with Crippen LogP contribution in [0.15, 0.2) is 120 Å². The van der Waals surface area contributed by atoms with Gasteiger partial charge in [0.1, 0.15) is 11.5 Å². The number of fused-ring (bicyclic) bond motifs is 1.